The molecule has 15 nitrogen and oxygen atoms in total. The number of sulfone groups is 1. The number of fused-ring (bicyclic) bond motifs is 2. The van der Waals surface area contributed by atoms with Crippen molar-refractivity contribution in [3.63, 3.8) is 0 Å². The van der Waals surface area contributed by atoms with Crippen molar-refractivity contribution in [1.82, 2.24) is 5.16 Å². The van der Waals surface area contributed by atoms with Crippen LogP contribution in [0.3, 0.4) is 0 Å². The van der Waals surface area contributed by atoms with Crippen LogP contribution >= 0.6 is 0 Å². The van der Waals surface area contributed by atoms with Crippen LogP contribution in [0.25, 0.3) is 0 Å². The fourth-order valence-corrected chi connectivity index (χ4v) is 9.20. The average molecular weight is 743 g/mol. The van der Waals surface area contributed by atoms with Gasteiger partial charge in [0, 0.05) is 0 Å². The lowest BCUT2D eigenvalue weighted by Crippen LogP contribution is -2.56. The van der Waals surface area contributed by atoms with Gasteiger partial charge in [0.2, 0.25) is 0 Å². The van der Waals surface area contributed by atoms with Crippen LogP contribution in [-0.2, 0) is 38.4 Å². The molecular formula is C36H42N2O13S. The molecule has 0 radical (unpaired) electrons. The summed E-state index contributed by atoms with van der Waals surface area (Å²) in [6.45, 7) is 7.11. The molecule has 0 bridgehead atoms. The number of nitrogens with zero attached hydrogens (tertiary/aromatic N) is 2. The Morgan fingerprint density at radius 2 is 1.81 bits per heavy atom. The van der Waals surface area contributed by atoms with Gasteiger partial charge < -0.3 is 34.4 Å². The number of aliphatic hydroxyl groups excluding tert-OH is 1. The van der Waals surface area contributed by atoms with Gasteiger partial charge in [-0.1, -0.05) is 56.9 Å². The summed E-state index contributed by atoms with van der Waals surface area (Å²) < 4.78 is 52.3. The molecule has 1 spiro atoms. The Morgan fingerprint density at radius 3 is 2.50 bits per heavy atom. The molecule has 2 heterocycles. The highest BCUT2D eigenvalue weighted by Crippen LogP contribution is 2.63. The SMILES string of the molecule is C/C1=C\[C@@H]2[C@H](CC[C@]3(CO3)[C@H](OC(=O)CCC(=O)OCC#CCOc3no[n+]([O-])c3S(=O)(=O)c3ccccc3)[C@H]3[C@@H](O)[C@@H](C)C[C@]3(O)C1=O)C2(C)C. The number of ketones is 1. The van der Waals surface area contributed by atoms with Crippen molar-refractivity contribution in [2.45, 2.75) is 93.1 Å². The molecule has 1 aromatic heterocycles. The molecule has 8 atom stereocenters. The lowest BCUT2D eigenvalue weighted by molar-refractivity contribution is -0.832. The van der Waals surface area contributed by atoms with Crippen molar-refractivity contribution in [1.29, 1.82) is 0 Å². The summed E-state index contributed by atoms with van der Waals surface area (Å²) in [6, 6.07) is 7.16. The Labute approximate surface area is 300 Å². The van der Waals surface area contributed by atoms with Crippen LogP contribution in [0, 0.1) is 46.1 Å². The zero-order valence-corrected chi connectivity index (χ0v) is 30.1. The lowest BCUT2D eigenvalue weighted by Gasteiger charge is -2.38. The average Bonchev–Trinajstić information content (AvgIpc) is 3.91. The van der Waals surface area contributed by atoms with Gasteiger partial charge >= 0.3 is 22.8 Å². The number of carbonyl (C=O) groups is 3. The zero-order valence-electron chi connectivity index (χ0n) is 29.3. The second-order valence-electron chi connectivity index (χ2n) is 14.7. The number of epoxide rings is 1. The maximum Gasteiger partial charge on any atom is 0.415 e. The Kier molecular flexibility index (Phi) is 10.0. The third-order valence-corrected chi connectivity index (χ3v) is 12.8. The van der Waals surface area contributed by atoms with Gasteiger partial charge in [-0.3, -0.25) is 19.0 Å². The Balaban J connectivity index is 1.04. The van der Waals surface area contributed by atoms with Crippen molar-refractivity contribution in [2.75, 3.05) is 19.8 Å². The fraction of sp³-hybridized carbons (Fsp3) is 0.583. The first-order valence-corrected chi connectivity index (χ1v) is 18.6. The van der Waals surface area contributed by atoms with Gasteiger partial charge in [-0.2, -0.15) is 0 Å². The minimum atomic E-state index is -4.31. The summed E-state index contributed by atoms with van der Waals surface area (Å²) in [7, 11) is -4.31. The fourth-order valence-electron chi connectivity index (χ4n) is 7.91. The van der Waals surface area contributed by atoms with Crippen LogP contribution < -0.4 is 9.64 Å². The van der Waals surface area contributed by atoms with Crippen LogP contribution in [0.4, 0.5) is 0 Å². The number of ether oxygens (including phenoxy) is 4. The van der Waals surface area contributed by atoms with Gasteiger partial charge in [-0.25, -0.2) is 8.42 Å². The van der Waals surface area contributed by atoms with Crippen molar-refractivity contribution in [3.05, 3.63) is 47.2 Å². The Bertz CT molecular complexity index is 1920. The molecule has 2 aromatic rings. The van der Waals surface area contributed by atoms with E-state index in [1.165, 1.54) is 24.3 Å². The number of hydrogen-bond donors (Lipinski definition) is 2. The molecule has 2 N–H and O–H groups in total. The summed E-state index contributed by atoms with van der Waals surface area (Å²) in [5.41, 5.74) is -2.59. The summed E-state index contributed by atoms with van der Waals surface area (Å²) >= 11 is 0. The van der Waals surface area contributed by atoms with Crippen LogP contribution in [0.2, 0.25) is 0 Å². The van der Waals surface area contributed by atoms with Crippen LogP contribution in [-0.4, -0.2) is 84.7 Å². The van der Waals surface area contributed by atoms with Crippen molar-refractivity contribution >= 4 is 27.6 Å². The third-order valence-electron chi connectivity index (χ3n) is 11.1. The van der Waals surface area contributed by atoms with Crippen LogP contribution in [0.5, 0.6) is 5.88 Å². The normalized spacial score (nSPS) is 32.9. The number of aliphatic hydroxyl groups is 2. The number of hydrogen-bond acceptors (Lipinski definition) is 14. The van der Waals surface area contributed by atoms with Crippen molar-refractivity contribution in [3.8, 4) is 17.7 Å². The summed E-state index contributed by atoms with van der Waals surface area (Å²) in [4.78, 5) is 39.1. The zero-order chi connectivity index (χ0) is 37.6. The van der Waals surface area contributed by atoms with Gasteiger partial charge in [0.25, 0.3) is 9.84 Å². The van der Waals surface area contributed by atoms with E-state index in [9.17, 15) is 38.2 Å². The van der Waals surface area contributed by atoms with Gasteiger partial charge in [-0.05, 0) is 72.0 Å². The number of esters is 2. The van der Waals surface area contributed by atoms with E-state index in [1.54, 1.807) is 19.9 Å². The van der Waals surface area contributed by atoms with E-state index in [4.69, 9.17) is 18.9 Å². The predicted molar refractivity (Wildman–Crippen MR) is 176 cm³/mol. The van der Waals surface area contributed by atoms with E-state index in [0.717, 1.165) is 6.42 Å². The predicted octanol–water partition coefficient (Wildman–Crippen LogP) is 1.86. The number of carbonyl (C=O) groups excluding carboxylic acids is 3. The maximum atomic E-state index is 13.8. The second-order valence-corrected chi connectivity index (χ2v) is 16.6. The van der Waals surface area contributed by atoms with Crippen molar-refractivity contribution in [2.24, 2.45) is 29.1 Å². The minimum Gasteiger partial charge on any atom is -0.459 e. The van der Waals surface area contributed by atoms with Crippen LogP contribution in [0.15, 0.2) is 56.5 Å². The molecule has 52 heavy (non-hydrogen) atoms. The third kappa shape index (κ3) is 6.94. The molecule has 0 amide bonds. The Morgan fingerprint density at radius 1 is 1.13 bits per heavy atom. The quantitative estimate of drug-likeness (QED) is 0.162. The maximum absolute atomic E-state index is 13.8. The largest absolute Gasteiger partial charge is 0.459 e. The summed E-state index contributed by atoms with van der Waals surface area (Å²) in [5.74, 6) is 1.20. The molecule has 280 valence electrons. The number of rotatable bonds is 9. The number of benzene rings is 1. The highest BCUT2D eigenvalue weighted by Gasteiger charge is 2.68. The molecule has 1 aliphatic heterocycles. The lowest BCUT2D eigenvalue weighted by atomic mass is 9.74. The van der Waals surface area contributed by atoms with E-state index in [1.807, 2.05) is 6.08 Å². The van der Waals surface area contributed by atoms with E-state index in [2.05, 4.69) is 35.5 Å². The monoisotopic (exact) mass is 742 g/mol. The van der Waals surface area contributed by atoms with Gasteiger partial charge in [-0.15, -0.1) is 0 Å². The number of aromatic nitrogens is 2. The Hall–Kier alpha value is -4.30. The minimum absolute atomic E-state index is 0.00590. The smallest absolute Gasteiger partial charge is 0.415 e. The molecule has 4 aliphatic rings. The topological polar surface area (TPSA) is 219 Å². The first-order valence-electron chi connectivity index (χ1n) is 17.1. The molecule has 6 rings (SSSR count). The second kappa shape index (κ2) is 13.9. The highest BCUT2D eigenvalue weighted by atomic mass is 32.2. The van der Waals surface area contributed by atoms with Gasteiger partial charge in [0.15, 0.2) is 19.0 Å². The van der Waals surface area contributed by atoms with Crippen LogP contribution in [0.1, 0.15) is 59.8 Å². The van der Waals surface area contributed by atoms with E-state index < -0.39 is 80.3 Å². The number of allylic oxidation sites excluding steroid dienone is 1. The molecule has 16 heteroatoms. The van der Waals surface area contributed by atoms with Gasteiger partial charge in [0.1, 0.15) is 17.3 Å². The molecule has 1 aromatic carbocycles. The molecule has 0 unspecified atom stereocenters. The molecule has 2 saturated carbocycles. The van der Waals surface area contributed by atoms with Crippen molar-refractivity contribution < 1.29 is 61.5 Å². The molecule has 3 fully saturated rings. The van der Waals surface area contributed by atoms with E-state index >= 15 is 0 Å². The number of Topliss-reactive ketones (excluding diaryl/α,β-unsaturated/α-hetero) is 1. The summed E-state index contributed by atoms with van der Waals surface area (Å²) in [5, 5.41) is 37.8. The van der Waals surface area contributed by atoms with E-state index in [0.29, 0.717) is 12.0 Å². The highest BCUT2D eigenvalue weighted by molar-refractivity contribution is 7.91. The molecule has 3 aliphatic carbocycles. The van der Waals surface area contributed by atoms with Gasteiger partial charge in [0.05, 0.1) is 41.5 Å². The van der Waals surface area contributed by atoms with E-state index in [-0.39, 0.29) is 59.5 Å². The standard InChI is InChI=1S/C36H42N2O13S/c1-21-18-25-24(34(25,3)4)14-15-35(20-49-35)31(28-29(41)22(2)19-36(28,43)30(21)42)50-27(40)13-12-26(39)47-16-8-9-17-48-32-33(38(44)51-37-32)52(45,46)23-10-6-5-7-11-23/h5-7,10-11,18,22,24-25,28-29,31,41,43H,12-17,19-20H2,1-4H3/b21-18+/t22-,24-,25+,28+,29-,31+,35-,36+/m0/s1. The first-order chi connectivity index (χ1) is 24.5. The first kappa shape index (κ1) is 37.5. The molecular weight excluding hydrogens is 700 g/mol. The summed E-state index contributed by atoms with van der Waals surface area (Å²) in [6.07, 6.45) is 0.139. The molecule has 1 saturated heterocycles.